The van der Waals surface area contributed by atoms with Crippen LogP contribution in [0.4, 0.5) is 10.1 Å². The molecule has 0 saturated heterocycles. The van der Waals surface area contributed by atoms with Gasteiger partial charge in [0, 0.05) is 11.3 Å². The quantitative estimate of drug-likeness (QED) is 0.840. The first-order valence-electron chi connectivity index (χ1n) is 5.89. The summed E-state index contributed by atoms with van der Waals surface area (Å²) >= 11 is 4.93. The Hall–Kier alpha value is -1.88. The Labute approximate surface area is 116 Å². The third-order valence-electron chi connectivity index (χ3n) is 2.81. The van der Waals surface area contributed by atoms with Crippen LogP contribution in [-0.2, 0) is 0 Å². The van der Waals surface area contributed by atoms with Gasteiger partial charge in [-0.3, -0.25) is 0 Å². The number of benzene rings is 1. The summed E-state index contributed by atoms with van der Waals surface area (Å²) in [6.45, 7) is 3.83. The van der Waals surface area contributed by atoms with Crippen LogP contribution < -0.4 is 11.1 Å². The molecule has 1 aromatic carbocycles. The number of nitrogens with two attached hydrogens (primary N) is 1. The highest BCUT2D eigenvalue weighted by Crippen LogP contribution is 2.24. The second kappa shape index (κ2) is 5.40. The zero-order chi connectivity index (χ0) is 14.0. The molecule has 0 spiro atoms. The van der Waals surface area contributed by atoms with Crippen molar-refractivity contribution in [2.45, 2.75) is 19.9 Å². The molecule has 0 radical (unpaired) electrons. The van der Waals surface area contributed by atoms with Crippen LogP contribution in [0.3, 0.4) is 0 Å². The zero-order valence-electron chi connectivity index (χ0n) is 10.7. The highest BCUT2D eigenvalue weighted by atomic mass is 32.1. The molecule has 0 aliphatic rings. The second-order valence-electron chi connectivity index (χ2n) is 4.37. The number of nitrogens with one attached hydrogen (secondary N) is 1. The summed E-state index contributed by atoms with van der Waals surface area (Å²) in [4.78, 5) is 0.157. The molecule has 1 aromatic heterocycles. The molecule has 19 heavy (non-hydrogen) atoms. The van der Waals surface area contributed by atoms with Gasteiger partial charge >= 0.3 is 0 Å². The van der Waals surface area contributed by atoms with Crippen molar-refractivity contribution in [1.29, 1.82) is 0 Å². The molecule has 1 atom stereocenters. The third kappa shape index (κ3) is 3.12. The van der Waals surface area contributed by atoms with Crippen LogP contribution in [0.25, 0.3) is 0 Å². The number of rotatable bonds is 4. The van der Waals surface area contributed by atoms with Crippen molar-refractivity contribution < 1.29 is 8.81 Å². The van der Waals surface area contributed by atoms with Gasteiger partial charge in [0.15, 0.2) is 0 Å². The molecule has 0 amide bonds. The number of halogens is 1. The van der Waals surface area contributed by atoms with Gasteiger partial charge in [-0.15, -0.1) is 0 Å². The molecule has 0 saturated carbocycles. The predicted octanol–water partition coefficient (Wildman–Crippen LogP) is 3.53. The number of hydrogen-bond donors (Lipinski definition) is 2. The number of aryl methyl sites for hydroxylation is 1. The fourth-order valence-electron chi connectivity index (χ4n) is 1.84. The van der Waals surface area contributed by atoms with E-state index in [1.807, 2.05) is 26.0 Å². The first-order valence-corrected chi connectivity index (χ1v) is 6.30. The smallest absolute Gasteiger partial charge is 0.126 e. The van der Waals surface area contributed by atoms with Gasteiger partial charge in [-0.05, 0) is 44.2 Å². The van der Waals surface area contributed by atoms with E-state index in [1.54, 1.807) is 6.07 Å². The summed E-state index contributed by atoms with van der Waals surface area (Å²) in [6, 6.07) is 8.04. The maximum atomic E-state index is 13.2. The Kier molecular flexibility index (Phi) is 3.85. The van der Waals surface area contributed by atoms with Crippen molar-refractivity contribution in [2.75, 3.05) is 5.32 Å². The van der Waals surface area contributed by atoms with Gasteiger partial charge in [0.25, 0.3) is 0 Å². The SMILES string of the molecule is Cc1ccc(C(C)Nc2ccc(F)cc2C(N)=S)o1. The van der Waals surface area contributed by atoms with Crippen LogP contribution in [0.15, 0.2) is 34.7 Å². The lowest BCUT2D eigenvalue weighted by Crippen LogP contribution is -2.15. The normalized spacial score (nSPS) is 12.2. The molecule has 100 valence electrons. The number of hydrogen-bond acceptors (Lipinski definition) is 3. The van der Waals surface area contributed by atoms with Crippen LogP contribution in [0.2, 0.25) is 0 Å². The molecule has 1 heterocycles. The average Bonchev–Trinajstić information content (AvgIpc) is 2.78. The zero-order valence-corrected chi connectivity index (χ0v) is 11.6. The van der Waals surface area contributed by atoms with E-state index in [1.165, 1.54) is 12.1 Å². The van der Waals surface area contributed by atoms with E-state index >= 15 is 0 Å². The first-order chi connectivity index (χ1) is 8.97. The van der Waals surface area contributed by atoms with Crippen LogP contribution in [0.5, 0.6) is 0 Å². The molecular formula is C14H15FN2OS. The van der Waals surface area contributed by atoms with Crippen LogP contribution in [-0.4, -0.2) is 4.99 Å². The summed E-state index contributed by atoms with van der Waals surface area (Å²) in [6.07, 6.45) is 0. The topological polar surface area (TPSA) is 51.2 Å². The van der Waals surface area contributed by atoms with Crippen LogP contribution in [0, 0.1) is 12.7 Å². The molecule has 0 bridgehead atoms. The summed E-state index contributed by atoms with van der Waals surface area (Å²) in [5.41, 5.74) is 6.78. The lowest BCUT2D eigenvalue weighted by Gasteiger charge is -2.16. The average molecular weight is 278 g/mol. The number of anilines is 1. The van der Waals surface area contributed by atoms with Crippen molar-refractivity contribution in [3.8, 4) is 0 Å². The molecule has 0 aliphatic heterocycles. The minimum Gasteiger partial charge on any atom is -0.464 e. The van der Waals surface area contributed by atoms with E-state index in [0.29, 0.717) is 11.3 Å². The minimum atomic E-state index is -0.366. The van der Waals surface area contributed by atoms with E-state index < -0.39 is 0 Å². The van der Waals surface area contributed by atoms with Crippen molar-refractivity contribution in [2.24, 2.45) is 5.73 Å². The molecule has 0 fully saturated rings. The fourth-order valence-corrected chi connectivity index (χ4v) is 2.01. The van der Waals surface area contributed by atoms with Crippen molar-refractivity contribution in [3.05, 3.63) is 53.2 Å². The van der Waals surface area contributed by atoms with E-state index in [9.17, 15) is 4.39 Å². The Morgan fingerprint density at radius 2 is 2.11 bits per heavy atom. The molecule has 2 aromatic rings. The second-order valence-corrected chi connectivity index (χ2v) is 4.81. The van der Waals surface area contributed by atoms with E-state index in [4.69, 9.17) is 22.4 Å². The van der Waals surface area contributed by atoms with Crippen LogP contribution in [0.1, 0.15) is 30.0 Å². The van der Waals surface area contributed by atoms with Crippen molar-refractivity contribution >= 4 is 22.9 Å². The molecule has 5 heteroatoms. The summed E-state index contributed by atoms with van der Waals surface area (Å²) < 4.78 is 18.8. The van der Waals surface area contributed by atoms with Crippen molar-refractivity contribution in [1.82, 2.24) is 0 Å². The van der Waals surface area contributed by atoms with Gasteiger partial charge < -0.3 is 15.5 Å². The maximum absolute atomic E-state index is 13.2. The largest absolute Gasteiger partial charge is 0.464 e. The number of furan rings is 1. The first kappa shape index (κ1) is 13.5. The fraction of sp³-hybridized carbons (Fsp3) is 0.214. The molecule has 1 unspecified atom stereocenters. The Bertz CT molecular complexity index is 609. The lowest BCUT2D eigenvalue weighted by molar-refractivity contribution is 0.467. The molecular weight excluding hydrogens is 263 g/mol. The van der Waals surface area contributed by atoms with Crippen LogP contribution >= 0.6 is 12.2 Å². The Balaban J connectivity index is 2.26. The maximum Gasteiger partial charge on any atom is 0.126 e. The Morgan fingerprint density at radius 1 is 1.37 bits per heavy atom. The Morgan fingerprint density at radius 3 is 2.68 bits per heavy atom. The predicted molar refractivity (Wildman–Crippen MR) is 77.8 cm³/mol. The third-order valence-corrected chi connectivity index (χ3v) is 3.03. The van der Waals surface area contributed by atoms with Gasteiger partial charge in [0.2, 0.25) is 0 Å². The van der Waals surface area contributed by atoms with Gasteiger partial charge in [-0.25, -0.2) is 4.39 Å². The van der Waals surface area contributed by atoms with Gasteiger partial charge in [0.1, 0.15) is 22.3 Å². The highest BCUT2D eigenvalue weighted by Gasteiger charge is 2.13. The molecule has 2 rings (SSSR count). The van der Waals surface area contributed by atoms with Gasteiger partial charge in [-0.2, -0.15) is 0 Å². The summed E-state index contributed by atoms with van der Waals surface area (Å²) in [7, 11) is 0. The number of thiocarbonyl (C=S) groups is 1. The molecule has 3 nitrogen and oxygen atoms in total. The van der Waals surface area contributed by atoms with Crippen molar-refractivity contribution in [3.63, 3.8) is 0 Å². The summed E-state index contributed by atoms with van der Waals surface area (Å²) in [5, 5.41) is 3.22. The minimum absolute atomic E-state index is 0.0627. The monoisotopic (exact) mass is 278 g/mol. The van der Waals surface area contributed by atoms with E-state index in [2.05, 4.69) is 5.32 Å². The van der Waals surface area contributed by atoms with Gasteiger partial charge in [0.05, 0.1) is 6.04 Å². The highest BCUT2D eigenvalue weighted by molar-refractivity contribution is 7.80. The van der Waals surface area contributed by atoms with E-state index in [-0.39, 0.29) is 16.8 Å². The standard InChI is InChI=1S/C14H15FN2OS/c1-8-3-6-13(18-8)9(2)17-12-5-4-10(15)7-11(12)14(16)19/h3-7,9,17H,1-2H3,(H2,16,19). The van der Waals surface area contributed by atoms with E-state index in [0.717, 1.165) is 11.5 Å². The summed E-state index contributed by atoms with van der Waals surface area (Å²) in [5.74, 6) is 1.28. The molecule has 0 aliphatic carbocycles. The molecule has 3 N–H and O–H groups in total. The van der Waals surface area contributed by atoms with Gasteiger partial charge in [-0.1, -0.05) is 12.2 Å². The lowest BCUT2D eigenvalue weighted by atomic mass is 10.1.